The van der Waals surface area contributed by atoms with Crippen molar-refractivity contribution in [3.8, 4) is 5.69 Å². The number of thioether (sulfide) groups is 1. The summed E-state index contributed by atoms with van der Waals surface area (Å²) in [5.41, 5.74) is 7.36. The second kappa shape index (κ2) is 5.05. The summed E-state index contributed by atoms with van der Waals surface area (Å²) in [5, 5.41) is 0.776. The van der Waals surface area contributed by atoms with E-state index in [0.29, 0.717) is 0 Å². The van der Waals surface area contributed by atoms with Crippen LogP contribution in [-0.4, -0.2) is 21.2 Å². The molecule has 1 heterocycles. The van der Waals surface area contributed by atoms with E-state index in [2.05, 4.69) is 4.98 Å². The van der Waals surface area contributed by atoms with E-state index in [1.807, 2.05) is 42.0 Å². The van der Waals surface area contributed by atoms with Crippen LogP contribution in [0.3, 0.4) is 0 Å². The zero-order chi connectivity index (χ0) is 12.3. The normalized spacial score (nSPS) is 10.4. The number of benzene rings is 1. The molecule has 1 amide bonds. The van der Waals surface area contributed by atoms with Gasteiger partial charge in [-0.3, -0.25) is 9.36 Å². The zero-order valence-electron chi connectivity index (χ0n) is 9.46. The Morgan fingerprint density at radius 2 is 2.24 bits per heavy atom. The van der Waals surface area contributed by atoms with Gasteiger partial charge in [0.2, 0.25) is 5.91 Å². The maximum atomic E-state index is 10.8. The summed E-state index contributed by atoms with van der Waals surface area (Å²) in [6.45, 7) is 2.04. The smallest absolute Gasteiger partial charge is 0.227 e. The fourth-order valence-electron chi connectivity index (χ4n) is 1.55. The number of hydrogen-bond acceptors (Lipinski definition) is 3. The molecular formula is C12H13N3OS. The standard InChI is InChI=1S/C12H13N3OS/c1-9-4-2-3-5-10(9)15-7-6-14-12(15)17-8-11(13)16/h2-7H,8H2,1H3,(H2,13,16). The molecule has 0 aliphatic heterocycles. The van der Waals surface area contributed by atoms with Crippen molar-refractivity contribution >= 4 is 17.7 Å². The number of carbonyl (C=O) groups is 1. The number of imidazole rings is 1. The van der Waals surface area contributed by atoms with E-state index in [1.54, 1.807) is 6.20 Å². The van der Waals surface area contributed by atoms with Gasteiger partial charge in [0.1, 0.15) is 0 Å². The predicted molar refractivity (Wildman–Crippen MR) is 68.2 cm³/mol. The number of aromatic nitrogens is 2. The summed E-state index contributed by atoms with van der Waals surface area (Å²) < 4.78 is 1.96. The molecule has 0 spiro atoms. The van der Waals surface area contributed by atoms with Crippen LogP contribution >= 0.6 is 11.8 Å². The maximum Gasteiger partial charge on any atom is 0.227 e. The van der Waals surface area contributed by atoms with Gasteiger partial charge >= 0.3 is 0 Å². The number of nitrogens with zero attached hydrogens (tertiary/aromatic N) is 2. The summed E-state index contributed by atoms with van der Waals surface area (Å²) in [6.07, 6.45) is 3.60. The molecule has 2 rings (SSSR count). The SMILES string of the molecule is Cc1ccccc1-n1ccnc1SCC(N)=O. The van der Waals surface area contributed by atoms with Crippen LogP contribution in [0.2, 0.25) is 0 Å². The van der Waals surface area contributed by atoms with E-state index in [0.717, 1.165) is 16.4 Å². The molecule has 0 fully saturated rings. The average molecular weight is 247 g/mol. The summed E-state index contributed by atoms with van der Waals surface area (Å²) in [7, 11) is 0. The average Bonchev–Trinajstić information content (AvgIpc) is 2.75. The fraction of sp³-hybridized carbons (Fsp3) is 0.167. The van der Waals surface area contributed by atoms with Gasteiger partial charge in [0.15, 0.2) is 5.16 Å². The number of aryl methyl sites for hydroxylation is 1. The third kappa shape index (κ3) is 2.68. The number of para-hydroxylation sites is 1. The van der Waals surface area contributed by atoms with Crippen LogP contribution in [0.15, 0.2) is 41.8 Å². The zero-order valence-corrected chi connectivity index (χ0v) is 10.3. The van der Waals surface area contributed by atoms with Gasteiger partial charge in [0.05, 0.1) is 11.4 Å². The van der Waals surface area contributed by atoms with Gasteiger partial charge in [-0.05, 0) is 18.6 Å². The molecule has 0 saturated heterocycles. The molecular weight excluding hydrogens is 234 g/mol. The van der Waals surface area contributed by atoms with Crippen molar-refractivity contribution in [3.05, 3.63) is 42.2 Å². The largest absolute Gasteiger partial charge is 0.369 e. The van der Waals surface area contributed by atoms with Crippen LogP contribution in [0.4, 0.5) is 0 Å². The van der Waals surface area contributed by atoms with Crippen LogP contribution in [0.5, 0.6) is 0 Å². The highest BCUT2D eigenvalue weighted by Gasteiger charge is 2.08. The maximum absolute atomic E-state index is 10.8. The number of nitrogens with two attached hydrogens (primary N) is 1. The highest BCUT2D eigenvalue weighted by molar-refractivity contribution is 7.99. The van der Waals surface area contributed by atoms with Crippen LogP contribution < -0.4 is 5.73 Å². The summed E-state index contributed by atoms with van der Waals surface area (Å²) in [4.78, 5) is 15.0. The molecule has 1 aromatic carbocycles. The highest BCUT2D eigenvalue weighted by Crippen LogP contribution is 2.22. The van der Waals surface area contributed by atoms with Crippen molar-refractivity contribution in [1.82, 2.24) is 9.55 Å². The monoisotopic (exact) mass is 247 g/mol. The third-order valence-electron chi connectivity index (χ3n) is 2.33. The van der Waals surface area contributed by atoms with E-state index >= 15 is 0 Å². The van der Waals surface area contributed by atoms with Crippen molar-refractivity contribution in [2.45, 2.75) is 12.1 Å². The molecule has 17 heavy (non-hydrogen) atoms. The Hall–Kier alpha value is -1.75. The lowest BCUT2D eigenvalue weighted by atomic mass is 10.2. The number of rotatable bonds is 4. The quantitative estimate of drug-likeness (QED) is 0.837. The second-order valence-corrected chi connectivity index (χ2v) is 4.56. The van der Waals surface area contributed by atoms with E-state index in [9.17, 15) is 4.79 Å². The Bertz CT molecular complexity index is 536. The lowest BCUT2D eigenvalue weighted by Crippen LogP contribution is -2.13. The number of amides is 1. The molecule has 2 aromatic rings. The Labute approximate surface area is 104 Å². The van der Waals surface area contributed by atoms with Crippen molar-refractivity contribution in [3.63, 3.8) is 0 Å². The van der Waals surface area contributed by atoms with Gasteiger partial charge < -0.3 is 5.73 Å². The van der Waals surface area contributed by atoms with Gasteiger partial charge in [0.25, 0.3) is 0 Å². The Kier molecular flexibility index (Phi) is 3.49. The van der Waals surface area contributed by atoms with E-state index in [-0.39, 0.29) is 11.7 Å². The molecule has 1 aromatic heterocycles. The van der Waals surface area contributed by atoms with Crippen molar-refractivity contribution in [1.29, 1.82) is 0 Å². The first kappa shape index (κ1) is 11.7. The molecule has 4 nitrogen and oxygen atoms in total. The van der Waals surface area contributed by atoms with Crippen LogP contribution in [-0.2, 0) is 4.79 Å². The van der Waals surface area contributed by atoms with Crippen LogP contribution in [0.25, 0.3) is 5.69 Å². The predicted octanol–water partition coefficient (Wildman–Crippen LogP) is 1.76. The Balaban J connectivity index is 2.31. The van der Waals surface area contributed by atoms with Crippen molar-refractivity contribution in [2.24, 2.45) is 5.73 Å². The van der Waals surface area contributed by atoms with E-state index < -0.39 is 0 Å². The summed E-state index contributed by atoms with van der Waals surface area (Å²) in [6, 6.07) is 8.03. The minimum Gasteiger partial charge on any atom is -0.369 e. The third-order valence-corrected chi connectivity index (χ3v) is 3.31. The van der Waals surface area contributed by atoms with Gasteiger partial charge in [-0.1, -0.05) is 30.0 Å². The van der Waals surface area contributed by atoms with Crippen LogP contribution in [0, 0.1) is 6.92 Å². The van der Waals surface area contributed by atoms with Gasteiger partial charge in [0, 0.05) is 12.4 Å². The summed E-state index contributed by atoms with van der Waals surface area (Å²) >= 11 is 1.34. The fourth-order valence-corrected chi connectivity index (χ4v) is 2.25. The number of primary amides is 1. The van der Waals surface area contributed by atoms with Gasteiger partial charge in [-0.15, -0.1) is 0 Å². The number of carbonyl (C=O) groups excluding carboxylic acids is 1. The first-order valence-corrected chi connectivity index (χ1v) is 6.17. The number of hydrogen-bond donors (Lipinski definition) is 1. The molecule has 5 heteroatoms. The second-order valence-electron chi connectivity index (χ2n) is 3.62. The van der Waals surface area contributed by atoms with Crippen molar-refractivity contribution < 1.29 is 4.79 Å². The molecule has 88 valence electrons. The Morgan fingerprint density at radius 3 is 2.94 bits per heavy atom. The lowest BCUT2D eigenvalue weighted by Gasteiger charge is -2.09. The molecule has 0 unspecified atom stereocenters. The molecule has 0 saturated carbocycles. The van der Waals surface area contributed by atoms with E-state index in [1.165, 1.54) is 11.8 Å². The minimum atomic E-state index is -0.339. The topological polar surface area (TPSA) is 60.9 Å². The van der Waals surface area contributed by atoms with Crippen LogP contribution in [0.1, 0.15) is 5.56 Å². The van der Waals surface area contributed by atoms with Gasteiger partial charge in [-0.25, -0.2) is 4.98 Å². The minimum absolute atomic E-state index is 0.239. The molecule has 2 N–H and O–H groups in total. The first-order chi connectivity index (χ1) is 8.18. The van der Waals surface area contributed by atoms with E-state index in [4.69, 9.17) is 5.73 Å². The Morgan fingerprint density at radius 1 is 1.47 bits per heavy atom. The molecule has 0 radical (unpaired) electrons. The first-order valence-electron chi connectivity index (χ1n) is 5.19. The molecule has 0 aliphatic rings. The molecule has 0 bridgehead atoms. The molecule has 0 aliphatic carbocycles. The summed E-state index contributed by atoms with van der Waals surface area (Å²) in [5.74, 6) is -0.0996. The lowest BCUT2D eigenvalue weighted by molar-refractivity contribution is -0.115. The highest BCUT2D eigenvalue weighted by atomic mass is 32.2. The van der Waals surface area contributed by atoms with Crippen molar-refractivity contribution in [2.75, 3.05) is 5.75 Å². The van der Waals surface area contributed by atoms with Gasteiger partial charge in [-0.2, -0.15) is 0 Å². The molecule has 0 atom stereocenters.